The molecular weight excluding hydrogens is 428 g/mol. The van der Waals surface area contributed by atoms with Crippen molar-refractivity contribution in [1.29, 1.82) is 0 Å². The molecule has 9 heteroatoms. The number of hydrogen-bond donors (Lipinski definition) is 2. The van der Waals surface area contributed by atoms with Crippen LogP contribution in [0.25, 0.3) is 0 Å². The van der Waals surface area contributed by atoms with Crippen molar-refractivity contribution in [2.45, 2.75) is 45.9 Å². The summed E-state index contributed by atoms with van der Waals surface area (Å²) in [6, 6.07) is 11.4. The van der Waals surface area contributed by atoms with Gasteiger partial charge in [-0.2, -0.15) is 0 Å². The van der Waals surface area contributed by atoms with Gasteiger partial charge in [-0.3, -0.25) is 4.79 Å². The third kappa shape index (κ3) is 8.03. The van der Waals surface area contributed by atoms with Crippen LogP contribution in [0.2, 0.25) is 0 Å². The minimum absolute atomic E-state index is 0.241. The molecule has 2 aromatic carbocycles. The molecule has 2 N–H and O–H groups in total. The highest BCUT2D eigenvalue weighted by Gasteiger charge is 2.21. The van der Waals surface area contributed by atoms with E-state index in [2.05, 4.69) is 10.6 Å². The number of nitrogens with one attached hydrogen (secondary N) is 2. The zero-order chi connectivity index (χ0) is 24.6. The molecule has 2 amide bonds. The molecule has 0 aromatic heterocycles. The second-order valence-electron chi connectivity index (χ2n) is 8.16. The second kappa shape index (κ2) is 11.2. The van der Waals surface area contributed by atoms with E-state index < -0.39 is 29.7 Å². The number of hydrogen-bond acceptors (Lipinski definition) is 7. The van der Waals surface area contributed by atoms with Crippen molar-refractivity contribution in [3.8, 4) is 11.5 Å². The van der Waals surface area contributed by atoms with Gasteiger partial charge < -0.3 is 29.6 Å². The molecule has 9 nitrogen and oxygen atoms in total. The molecule has 2 rings (SSSR count). The third-order valence-corrected chi connectivity index (χ3v) is 4.34. The summed E-state index contributed by atoms with van der Waals surface area (Å²) in [5, 5.41) is 5.31. The summed E-state index contributed by atoms with van der Waals surface area (Å²) in [4.78, 5) is 36.7. The second-order valence-corrected chi connectivity index (χ2v) is 8.16. The molecule has 0 saturated heterocycles. The summed E-state index contributed by atoms with van der Waals surface area (Å²) in [5.74, 6) is -0.190. The van der Waals surface area contributed by atoms with Gasteiger partial charge in [0.05, 0.1) is 25.5 Å². The number of carbonyl (C=O) groups is 3. The quantitative estimate of drug-likeness (QED) is 0.577. The lowest BCUT2D eigenvalue weighted by Gasteiger charge is -2.19. The molecule has 2 aromatic rings. The van der Waals surface area contributed by atoms with Gasteiger partial charge in [0.25, 0.3) is 5.91 Å². The van der Waals surface area contributed by atoms with E-state index in [4.69, 9.17) is 18.9 Å². The summed E-state index contributed by atoms with van der Waals surface area (Å²) >= 11 is 0. The van der Waals surface area contributed by atoms with Gasteiger partial charge in [0.1, 0.15) is 17.1 Å². The number of ether oxygens (including phenoxy) is 4. The van der Waals surface area contributed by atoms with Crippen LogP contribution in [0.1, 0.15) is 43.6 Å². The molecule has 1 unspecified atom stereocenters. The first-order valence-corrected chi connectivity index (χ1v) is 10.3. The van der Waals surface area contributed by atoms with Gasteiger partial charge in [0.2, 0.25) is 0 Å². The Kier molecular flexibility index (Phi) is 8.67. The van der Waals surface area contributed by atoms with Crippen molar-refractivity contribution < 1.29 is 33.3 Å². The molecule has 0 heterocycles. The average Bonchev–Trinajstić information content (AvgIpc) is 2.76. The molecule has 0 bridgehead atoms. The van der Waals surface area contributed by atoms with Crippen LogP contribution < -0.4 is 20.1 Å². The third-order valence-electron chi connectivity index (χ3n) is 4.34. The van der Waals surface area contributed by atoms with Gasteiger partial charge in [0.15, 0.2) is 6.10 Å². The maximum Gasteiger partial charge on any atom is 0.407 e. The Bertz CT molecular complexity index is 981. The maximum atomic E-state index is 12.5. The number of amides is 2. The van der Waals surface area contributed by atoms with E-state index in [1.54, 1.807) is 63.2 Å². The monoisotopic (exact) mass is 458 g/mol. The van der Waals surface area contributed by atoms with E-state index in [-0.39, 0.29) is 12.1 Å². The van der Waals surface area contributed by atoms with Crippen LogP contribution in [0.5, 0.6) is 11.5 Å². The van der Waals surface area contributed by atoms with Crippen LogP contribution >= 0.6 is 0 Å². The normalized spacial score (nSPS) is 11.7. The van der Waals surface area contributed by atoms with Gasteiger partial charge >= 0.3 is 12.1 Å². The summed E-state index contributed by atoms with van der Waals surface area (Å²) in [6.45, 7) is 7.05. The molecule has 0 aliphatic heterocycles. The fraction of sp³-hybridized carbons (Fsp3) is 0.375. The minimum Gasteiger partial charge on any atom is -0.497 e. The fourth-order valence-electron chi connectivity index (χ4n) is 2.68. The van der Waals surface area contributed by atoms with Crippen LogP contribution in [0.3, 0.4) is 0 Å². The van der Waals surface area contributed by atoms with E-state index >= 15 is 0 Å². The van der Waals surface area contributed by atoms with Crippen molar-refractivity contribution in [3.63, 3.8) is 0 Å². The summed E-state index contributed by atoms with van der Waals surface area (Å²) in [7, 11) is 2.99. The van der Waals surface area contributed by atoms with Crippen molar-refractivity contribution in [1.82, 2.24) is 5.32 Å². The highest BCUT2D eigenvalue weighted by molar-refractivity contribution is 5.98. The van der Waals surface area contributed by atoms with Gasteiger partial charge in [-0.25, -0.2) is 9.59 Å². The Morgan fingerprint density at radius 2 is 1.64 bits per heavy atom. The van der Waals surface area contributed by atoms with Crippen LogP contribution in [0.15, 0.2) is 42.5 Å². The molecule has 1 atom stereocenters. The molecule has 0 spiro atoms. The Labute approximate surface area is 193 Å². The van der Waals surface area contributed by atoms with E-state index in [0.717, 1.165) is 5.56 Å². The first kappa shape index (κ1) is 25.5. The number of anilines is 1. The van der Waals surface area contributed by atoms with E-state index in [1.165, 1.54) is 21.1 Å². The zero-order valence-corrected chi connectivity index (χ0v) is 19.7. The first-order valence-electron chi connectivity index (χ1n) is 10.3. The highest BCUT2D eigenvalue weighted by atomic mass is 16.6. The van der Waals surface area contributed by atoms with Crippen LogP contribution in [-0.2, 0) is 20.8 Å². The summed E-state index contributed by atoms with van der Waals surface area (Å²) < 4.78 is 20.9. The lowest BCUT2D eigenvalue weighted by Crippen LogP contribution is -2.32. The van der Waals surface area contributed by atoms with Crippen molar-refractivity contribution >= 4 is 23.7 Å². The van der Waals surface area contributed by atoms with E-state index in [1.807, 2.05) is 0 Å². The van der Waals surface area contributed by atoms with Crippen LogP contribution in [0.4, 0.5) is 10.5 Å². The van der Waals surface area contributed by atoms with Crippen LogP contribution in [0, 0.1) is 0 Å². The predicted octanol–water partition coefficient (Wildman–Crippen LogP) is 3.91. The molecular formula is C24H30N2O7. The van der Waals surface area contributed by atoms with Gasteiger partial charge in [0, 0.05) is 12.6 Å². The Balaban J connectivity index is 1.92. The number of carbonyl (C=O) groups excluding carboxylic acids is 3. The van der Waals surface area contributed by atoms with E-state index in [9.17, 15) is 14.4 Å². The number of methoxy groups -OCH3 is 2. The smallest absolute Gasteiger partial charge is 0.407 e. The predicted molar refractivity (Wildman–Crippen MR) is 123 cm³/mol. The van der Waals surface area contributed by atoms with Crippen molar-refractivity contribution in [2.24, 2.45) is 0 Å². The fourth-order valence-corrected chi connectivity index (χ4v) is 2.68. The standard InChI is InChI=1S/C24H30N2O7/c1-15(21(27)26-19-13-18(30-5)11-12-20(19)31-6)32-22(28)17-9-7-16(8-10-17)14-25-23(29)33-24(2,3)4/h7-13,15H,14H2,1-6H3,(H,25,29)(H,26,27). The SMILES string of the molecule is COc1ccc(OC)c(NC(=O)C(C)OC(=O)c2ccc(CNC(=O)OC(C)(C)C)cc2)c1. The Hall–Kier alpha value is -3.75. The molecule has 0 fully saturated rings. The molecule has 0 radical (unpaired) electrons. The number of rotatable bonds is 8. The average molecular weight is 459 g/mol. The first-order chi connectivity index (χ1) is 15.5. The minimum atomic E-state index is -1.05. The number of esters is 1. The molecule has 33 heavy (non-hydrogen) atoms. The lowest BCUT2D eigenvalue weighted by atomic mass is 10.1. The number of benzene rings is 2. The molecule has 0 saturated carbocycles. The van der Waals surface area contributed by atoms with Gasteiger partial charge in [-0.1, -0.05) is 12.1 Å². The largest absolute Gasteiger partial charge is 0.497 e. The molecule has 0 aliphatic carbocycles. The molecule has 0 aliphatic rings. The van der Waals surface area contributed by atoms with E-state index in [0.29, 0.717) is 17.2 Å². The van der Waals surface area contributed by atoms with Crippen molar-refractivity contribution in [3.05, 3.63) is 53.6 Å². The maximum absolute atomic E-state index is 12.5. The molecule has 178 valence electrons. The lowest BCUT2D eigenvalue weighted by molar-refractivity contribution is -0.123. The number of alkyl carbamates (subject to hydrolysis) is 1. The highest BCUT2D eigenvalue weighted by Crippen LogP contribution is 2.29. The Morgan fingerprint density at radius 3 is 2.21 bits per heavy atom. The van der Waals surface area contributed by atoms with Gasteiger partial charge in [-0.05, 0) is 57.5 Å². The van der Waals surface area contributed by atoms with Crippen LogP contribution in [-0.4, -0.2) is 43.9 Å². The summed E-state index contributed by atoms with van der Waals surface area (Å²) in [5.41, 5.74) is 0.854. The Morgan fingerprint density at radius 1 is 0.970 bits per heavy atom. The van der Waals surface area contributed by atoms with Gasteiger partial charge in [-0.15, -0.1) is 0 Å². The topological polar surface area (TPSA) is 112 Å². The summed E-state index contributed by atoms with van der Waals surface area (Å²) in [6.07, 6.45) is -1.58. The van der Waals surface area contributed by atoms with Crippen molar-refractivity contribution in [2.75, 3.05) is 19.5 Å². The zero-order valence-electron chi connectivity index (χ0n) is 19.7.